The number of nitrogens with one attached hydrogen (secondary N) is 1. The van der Waals surface area contributed by atoms with Gasteiger partial charge in [-0.25, -0.2) is 4.98 Å². The second kappa shape index (κ2) is 5.23. The van der Waals surface area contributed by atoms with E-state index in [2.05, 4.69) is 32.0 Å². The first-order valence-electron chi connectivity index (χ1n) is 5.99. The molecule has 0 radical (unpaired) electrons. The summed E-state index contributed by atoms with van der Waals surface area (Å²) in [6.07, 6.45) is 1.85. The van der Waals surface area contributed by atoms with Crippen LogP contribution in [0.1, 0.15) is 16.3 Å². The molecule has 0 aliphatic carbocycles. The van der Waals surface area contributed by atoms with E-state index in [-0.39, 0.29) is 0 Å². The Bertz CT molecular complexity index is 852. The molecule has 0 spiro atoms. The average Bonchev–Trinajstić information content (AvgIpc) is 3.01. The molecule has 0 atom stereocenters. The molecule has 0 unspecified atom stereocenters. The van der Waals surface area contributed by atoms with E-state index in [1.54, 1.807) is 11.3 Å². The van der Waals surface area contributed by atoms with Crippen molar-refractivity contribution in [2.75, 3.05) is 0 Å². The average molecular weight is 344 g/mol. The van der Waals surface area contributed by atoms with E-state index in [4.69, 9.17) is 0 Å². The fraction of sp³-hybridized carbons (Fsp3) is 0.0667. The summed E-state index contributed by atoms with van der Waals surface area (Å²) in [5, 5.41) is 9.34. The van der Waals surface area contributed by atoms with Crippen LogP contribution in [0.2, 0.25) is 0 Å². The molecule has 0 saturated carbocycles. The van der Waals surface area contributed by atoms with Gasteiger partial charge in [0.25, 0.3) is 0 Å². The SMILES string of the molecule is Cc1ccc2nc(C(C#N)=Cc3ccc(Br)s3)[nH]c2c1. The van der Waals surface area contributed by atoms with Crippen LogP contribution in [0.15, 0.2) is 34.1 Å². The number of aryl methyl sites for hydroxylation is 1. The molecule has 0 aliphatic rings. The molecule has 0 amide bonds. The lowest BCUT2D eigenvalue weighted by molar-refractivity contribution is 1.27. The van der Waals surface area contributed by atoms with Crippen LogP contribution in [-0.4, -0.2) is 9.97 Å². The topological polar surface area (TPSA) is 52.5 Å². The highest BCUT2D eigenvalue weighted by atomic mass is 79.9. The van der Waals surface area contributed by atoms with Crippen molar-refractivity contribution in [3.63, 3.8) is 0 Å². The molecule has 3 rings (SSSR count). The smallest absolute Gasteiger partial charge is 0.149 e. The monoisotopic (exact) mass is 343 g/mol. The summed E-state index contributed by atoms with van der Waals surface area (Å²) in [6, 6.07) is 12.2. The van der Waals surface area contributed by atoms with Crippen LogP contribution in [0.3, 0.4) is 0 Å². The minimum Gasteiger partial charge on any atom is -0.337 e. The molecule has 1 N–H and O–H groups in total. The predicted molar refractivity (Wildman–Crippen MR) is 86.3 cm³/mol. The van der Waals surface area contributed by atoms with Crippen molar-refractivity contribution in [3.05, 3.63) is 50.4 Å². The Kier molecular flexibility index (Phi) is 3.43. The second-order valence-electron chi connectivity index (χ2n) is 4.42. The Morgan fingerprint density at radius 3 is 2.95 bits per heavy atom. The minimum absolute atomic E-state index is 0.535. The van der Waals surface area contributed by atoms with Gasteiger partial charge >= 0.3 is 0 Å². The number of H-pyrrole nitrogens is 1. The molecule has 2 aromatic heterocycles. The Morgan fingerprint density at radius 1 is 1.40 bits per heavy atom. The van der Waals surface area contributed by atoms with Crippen molar-refractivity contribution in [1.29, 1.82) is 5.26 Å². The largest absolute Gasteiger partial charge is 0.337 e. The number of rotatable bonds is 2. The zero-order chi connectivity index (χ0) is 14.1. The highest BCUT2D eigenvalue weighted by Crippen LogP contribution is 2.26. The number of hydrogen-bond acceptors (Lipinski definition) is 3. The Balaban J connectivity index is 2.07. The first-order valence-corrected chi connectivity index (χ1v) is 7.60. The molecule has 3 nitrogen and oxygen atoms in total. The van der Waals surface area contributed by atoms with Crippen LogP contribution in [-0.2, 0) is 0 Å². The van der Waals surface area contributed by atoms with E-state index in [1.165, 1.54) is 0 Å². The van der Waals surface area contributed by atoms with E-state index in [0.717, 1.165) is 25.3 Å². The van der Waals surface area contributed by atoms with Crippen molar-refractivity contribution in [3.8, 4) is 6.07 Å². The lowest BCUT2D eigenvalue weighted by atomic mass is 10.2. The summed E-state index contributed by atoms with van der Waals surface area (Å²) in [7, 11) is 0. The number of fused-ring (bicyclic) bond motifs is 1. The number of benzene rings is 1. The molecule has 0 aliphatic heterocycles. The highest BCUT2D eigenvalue weighted by Gasteiger charge is 2.08. The van der Waals surface area contributed by atoms with E-state index in [1.807, 2.05) is 43.3 Å². The van der Waals surface area contributed by atoms with Crippen molar-refractivity contribution < 1.29 is 0 Å². The van der Waals surface area contributed by atoms with Crippen molar-refractivity contribution in [1.82, 2.24) is 9.97 Å². The quantitative estimate of drug-likeness (QED) is 0.682. The van der Waals surface area contributed by atoms with E-state index in [9.17, 15) is 5.26 Å². The number of allylic oxidation sites excluding steroid dienone is 1. The van der Waals surface area contributed by atoms with Gasteiger partial charge in [0, 0.05) is 4.88 Å². The summed E-state index contributed by atoms with van der Waals surface area (Å²) in [5.41, 5.74) is 3.53. The van der Waals surface area contributed by atoms with Gasteiger partial charge in [-0.3, -0.25) is 0 Å². The maximum absolute atomic E-state index is 9.34. The molecular formula is C15H10BrN3S. The third kappa shape index (κ3) is 2.53. The van der Waals surface area contributed by atoms with Gasteiger partial charge in [0.1, 0.15) is 11.9 Å². The number of halogens is 1. The standard InChI is InChI=1S/C15H10BrN3S/c1-9-2-4-12-13(6-9)19-15(18-12)10(8-17)7-11-3-5-14(16)20-11/h2-7H,1H3,(H,18,19). The summed E-state index contributed by atoms with van der Waals surface area (Å²) in [5.74, 6) is 0.609. The molecule has 0 fully saturated rings. The lowest BCUT2D eigenvalue weighted by Gasteiger charge is -1.91. The van der Waals surface area contributed by atoms with Crippen LogP contribution in [0, 0.1) is 18.3 Å². The van der Waals surface area contributed by atoms with Crippen molar-refractivity contribution in [2.24, 2.45) is 0 Å². The third-order valence-electron chi connectivity index (χ3n) is 2.89. The normalized spacial score (nSPS) is 11.8. The molecule has 20 heavy (non-hydrogen) atoms. The van der Waals surface area contributed by atoms with Gasteiger partial charge in [-0.1, -0.05) is 6.07 Å². The molecule has 0 saturated heterocycles. The van der Waals surface area contributed by atoms with Crippen LogP contribution in [0.25, 0.3) is 22.7 Å². The number of hydrogen-bond donors (Lipinski definition) is 1. The van der Waals surface area contributed by atoms with E-state index >= 15 is 0 Å². The number of thiophene rings is 1. The maximum atomic E-state index is 9.34. The molecule has 98 valence electrons. The second-order valence-corrected chi connectivity index (χ2v) is 6.91. The third-order valence-corrected chi connectivity index (χ3v) is 4.46. The number of imidazole rings is 1. The zero-order valence-corrected chi connectivity index (χ0v) is 13.0. The summed E-state index contributed by atoms with van der Waals surface area (Å²) >= 11 is 5.00. The van der Waals surface area contributed by atoms with Crippen LogP contribution < -0.4 is 0 Å². The van der Waals surface area contributed by atoms with Gasteiger partial charge in [-0.2, -0.15) is 5.26 Å². The molecular weight excluding hydrogens is 334 g/mol. The Labute approximate surface area is 128 Å². The molecule has 3 aromatic rings. The highest BCUT2D eigenvalue weighted by molar-refractivity contribution is 9.11. The number of nitriles is 1. The van der Waals surface area contributed by atoms with Crippen molar-refractivity contribution in [2.45, 2.75) is 6.92 Å². The van der Waals surface area contributed by atoms with Gasteiger partial charge in [-0.05, 0) is 58.8 Å². The molecule has 1 aromatic carbocycles. The van der Waals surface area contributed by atoms with Crippen molar-refractivity contribution >= 4 is 49.9 Å². The first-order chi connectivity index (χ1) is 9.65. The predicted octanol–water partition coefficient (Wildman–Crippen LogP) is 4.76. The Morgan fingerprint density at radius 2 is 2.25 bits per heavy atom. The van der Waals surface area contributed by atoms with E-state index in [0.29, 0.717) is 11.4 Å². The summed E-state index contributed by atoms with van der Waals surface area (Å²) in [4.78, 5) is 8.70. The van der Waals surface area contributed by atoms with Gasteiger partial charge in [0.2, 0.25) is 0 Å². The number of nitrogens with zero attached hydrogens (tertiary/aromatic N) is 2. The fourth-order valence-electron chi connectivity index (χ4n) is 1.95. The minimum atomic E-state index is 0.535. The summed E-state index contributed by atoms with van der Waals surface area (Å²) in [6.45, 7) is 2.03. The molecule has 5 heteroatoms. The maximum Gasteiger partial charge on any atom is 0.149 e. The van der Waals surface area contributed by atoms with Crippen LogP contribution in [0.4, 0.5) is 0 Å². The van der Waals surface area contributed by atoms with Crippen LogP contribution >= 0.6 is 27.3 Å². The van der Waals surface area contributed by atoms with E-state index < -0.39 is 0 Å². The molecule has 2 heterocycles. The summed E-state index contributed by atoms with van der Waals surface area (Å²) < 4.78 is 1.04. The number of aromatic nitrogens is 2. The zero-order valence-electron chi connectivity index (χ0n) is 10.6. The number of aromatic amines is 1. The van der Waals surface area contributed by atoms with Gasteiger partial charge < -0.3 is 4.98 Å². The van der Waals surface area contributed by atoms with Gasteiger partial charge in [-0.15, -0.1) is 11.3 Å². The van der Waals surface area contributed by atoms with Gasteiger partial charge in [0.15, 0.2) is 0 Å². The van der Waals surface area contributed by atoms with Gasteiger partial charge in [0.05, 0.1) is 20.4 Å². The Hall–Kier alpha value is -1.90. The first kappa shape index (κ1) is 13.1. The molecule has 0 bridgehead atoms. The fourth-order valence-corrected chi connectivity index (χ4v) is 3.32. The van der Waals surface area contributed by atoms with Crippen LogP contribution in [0.5, 0.6) is 0 Å². The lowest BCUT2D eigenvalue weighted by Crippen LogP contribution is -1.83.